The number of aliphatic hydroxyl groups excluding tert-OH is 1. The van der Waals surface area contributed by atoms with E-state index in [-0.39, 0.29) is 41.2 Å². The first-order chi connectivity index (χ1) is 20.4. The second kappa shape index (κ2) is 12.8. The van der Waals surface area contributed by atoms with E-state index in [1.54, 1.807) is 13.2 Å². The summed E-state index contributed by atoms with van der Waals surface area (Å²) < 4.78 is 46.4. The van der Waals surface area contributed by atoms with Crippen molar-refractivity contribution in [2.24, 2.45) is 22.7 Å². The van der Waals surface area contributed by atoms with Crippen LogP contribution in [0.2, 0.25) is 18.1 Å². The molecule has 2 saturated carbocycles. The summed E-state index contributed by atoms with van der Waals surface area (Å²) in [6.45, 7) is 19.9. The van der Waals surface area contributed by atoms with Gasteiger partial charge in [-0.2, -0.15) is 0 Å². The number of carbonyl (C=O) groups excluding carboxylic acids is 1. The van der Waals surface area contributed by atoms with Crippen LogP contribution in [0.25, 0.3) is 0 Å². The average molecular weight is 650 g/mol. The van der Waals surface area contributed by atoms with Gasteiger partial charge >= 0.3 is 0 Å². The molecule has 3 fully saturated rings. The van der Waals surface area contributed by atoms with Crippen LogP contribution in [-0.4, -0.2) is 69.8 Å². The summed E-state index contributed by atoms with van der Waals surface area (Å²) in [6, 6.07) is 7.39. The van der Waals surface area contributed by atoms with Crippen molar-refractivity contribution in [2.75, 3.05) is 19.5 Å². The summed E-state index contributed by atoms with van der Waals surface area (Å²) in [6.07, 6.45) is 3.64. The van der Waals surface area contributed by atoms with Gasteiger partial charge in [-0.1, -0.05) is 52.8 Å². The molecule has 3 aliphatic rings. The number of hydrogen-bond acceptors (Lipinski definition) is 7. The Hall–Kier alpha value is -1.72. The number of sulfonamides is 1. The Morgan fingerprint density at radius 3 is 2.45 bits per heavy atom. The molecule has 0 aromatic heterocycles. The second-order valence-corrected chi connectivity index (χ2v) is 22.0. The van der Waals surface area contributed by atoms with Crippen molar-refractivity contribution in [1.82, 2.24) is 4.31 Å². The number of rotatable bonds is 14. The third-order valence-corrected chi connectivity index (χ3v) is 18.1. The number of fused-ring (bicyclic) bond motifs is 1. The Morgan fingerprint density at radius 2 is 1.89 bits per heavy atom. The van der Waals surface area contributed by atoms with E-state index in [4.69, 9.17) is 13.9 Å². The molecule has 2 aliphatic carbocycles. The zero-order valence-corrected chi connectivity index (χ0v) is 29.9. The van der Waals surface area contributed by atoms with Crippen molar-refractivity contribution < 1.29 is 32.2 Å². The third-order valence-electron chi connectivity index (χ3n) is 11.6. The molecule has 1 aliphatic heterocycles. The number of ether oxygens (including phenoxy) is 2. The zero-order chi connectivity index (χ0) is 32.7. The topological polar surface area (TPSA) is 102 Å². The molecule has 248 valence electrons. The zero-order valence-electron chi connectivity index (χ0n) is 28.1. The molecule has 8 nitrogen and oxygen atoms in total. The highest BCUT2D eigenvalue weighted by atomic mass is 32.2. The largest absolute Gasteiger partial charge is 0.497 e. The Bertz CT molecular complexity index is 1290. The smallest absolute Gasteiger partial charge is 0.242 e. The molecule has 10 heteroatoms. The van der Waals surface area contributed by atoms with E-state index in [0.29, 0.717) is 32.0 Å². The molecule has 1 aromatic carbocycles. The minimum Gasteiger partial charge on any atom is -0.497 e. The maximum Gasteiger partial charge on any atom is 0.242 e. The number of hydrogen-bond donors (Lipinski definition) is 1. The lowest BCUT2D eigenvalue weighted by molar-refractivity contribution is -0.137. The fourth-order valence-electron chi connectivity index (χ4n) is 7.72. The van der Waals surface area contributed by atoms with Gasteiger partial charge in [0.05, 0.1) is 37.5 Å². The maximum atomic E-state index is 14.2. The van der Waals surface area contributed by atoms with Gasteiger partial charge in [0.15, 0.2) is 8.32 Å². The van der Waals surface area contributed by atoms with Crippen molar-refractivity contribution >= 4 is 24.2 Å². The highest BCUT2D eigenvalue weighted by molar-refractivity contribution is 7.90. The SMILES string of the molecule is C=CC[C@@H](C(=O)N1[C@@H]2C[C@H]3CC[C@]2(CS1(=O)=O)C3(C)C)[C@@H](O)C[C@H](CCOCc1ccc(OC)cc1)O[Si](C)(C)C(C)(C)C. The summed E-state index contributed by atoms with van der Waals surface area (Å²) in [5.41, 5.74) is 0.475. The van der Waals surface area contributed by atoms with E-state index in [1.165, 1.54) is 4.31 Å². The van der Waals surface area contributed by atoms with Gasteiger partial charge in [0, 0.05) is 18.1 Å². The van der Waals surface area contributed by atoms with Gasteiger partial charge in [0.25, 0.3) is 0 Å². The summed E-state index contributed by atoms with van der Waals surface area (Å²) in [5, 5.41) is 11.6. The quantitative estimate of drug-likeness (QED) is 0.143. The van der Waals surface area contributed by atoms with E-state index in [9.17, 15) is 18.3 Å². The average Bonchev–Trinajstić information content (AvgIpc) is 3.41. The van der Waals surface area contributed by atoms with Gasteiger partial charge in [0.2, 0.25) is 15.9 Å². The van der Waals surface area contributed by atoms with E-state index < -0.39 is 41.7 Å². The van der Waals surface area contributed by atoms with Crippen LogP contribution in [0.4, 0.5) is 0 Å². The molecule has 44 heavy (non-hydrogen) atoms. The predicted molar refractivity (Wildman–Crippen MR) is 176 cm³/mol. The Kier molecular flexibility index (Phi) is 10.2. The van der Waals surface area contributed by atoms with Crippen LogP contribution in [0.1, 0.15) is 78.7 Å². The van der Waals surface area contributed by atoms with E-state index >= 15 is 0 Å². The number of nitrogens with zero attached hydrogens (tertiary/aromatic N) is 1. The molecule has 0 unspecified atom stereocenters. The molecular weight excluding hydrogens is 595 g/mol. The Balaban J connectivity index is 1.49. The highest BCUT2D eigenvalue weighted by Gasteiger charge is 2.72. The third kappa shape index (κ3) is 6.57. The Labute approximate surface area is 266 Å². The minimum absolute atomic E-state index is 0.0133. The van der Waals surface area contributed by atoms with Crippen molar-refractivity contribution in [3.8, 4) is 5.75 Å². The van der Waals surface area contributed by atoms with Gasteiger partial charge in [-0.05, 0) is 85.7 Å². The molecule has 6 atom stereocenters. The number of methoxy groups -OCH3 is 1. The lowest BCUT2D eigenvalue weighted by Gasteiger charge is -2.40. The normalized spacial score (nSPS) is 27.5. The fraction of sp³-hybridized carbons (Fsp3) is 0.735. The highest BCUT2D eigenvalue weighted by Crippen LogP contribution is 2.70. The molecular formula is C34H55NO7SSi. The van der Waals surface area contributed by atoms with Crippen molar-refractivity contribution in [3.63, 3.8) is 0 Å². The van der Waals surface area contributed by atoms with Crippen molar-refractivity contribution in [2.45, 2.75) is 116 Å². The summed E-state index contributed by atoms with van der Waals surface area (Å²) in [4.78, 5) is 14.2. The molecule has 1 spiro atoms. The fourth-order valence-corrected chi connectivity index (χ4v) is 11.7. The summed E-state index contributed by atoms with van der Waals surface area (Å²) >= 11 is 0. The van der Waals surface area contributed by atoms with Crippen LogP contribution >= 0.6 is 0 Å². The first-order valence-electron chi connectivity index (χ1n) is 16.1. The van der Waals surface area contributed by atoms with E-state index in [1.807, 2.05) is 24.3 Å². The van der Waals surface area contributed by atoms with Crippen molar-refractivity contribution in [3.05, 3.63) is 42.5 Å². The van der Waals surface area contributed by atoms with Gasteiger partial charge in [-0.25, -0.2) is 12.7 Å². The standard InChI is InChI=1S/C34H55NO7SSi/c1-10-11-28(31(37)35-30-20-25-16-18-34(30,33(25,5)6)23-43(35,38)39)29(36)21-27(42-44(8,9)32(2,3)4)17-19-41-22-24-12-14-26(40-7)15-13-24/h10,12-15,25,27-30,36H,1,11,16-23H2,2-9H3/t25-,27+,28-,29+,30-,34-/m1/s1. The van der Waals surface area contributed by atoms with Gasteiger partial charge in [0.1, 0.15) is 5.75 Å². The van der Waals surface area contributed by atoms with Crippen LogP contribution in [-0.2, 0) is 30.6 Å². The molecule has 1 heterocycles. The number of amides is 1. The molecule has 2 bridgehead atoms. The monoisotopic (exact) mass is 649 g/mol. The van der Waals surface area contributed by atoms with Gasteiger partial charge in [-0.15, -0.1) is 6.58 Å². The second-order valence-electron chi connectivity index (χ2n) is 15.4. The molecule has 0 radical (unpaired) electrons. The van der Waals surface area contributed by atoms with Crippen LogP contribution in [0.3, 0.4) is 0 Å². The number of aliphatic hydroxyl groups is 1. The predicted octanol–water partition coefficient (Wildman–Crippen LogP) is 6.30. The number of benzene rings is 1. The molecule has 1 N–H and O–H groups in total. The minimum atomic E-state index is -3.80. The van der Waals surface area contributed by atoms with Crippen LogP contribution in [0.15, 0.2) is 36.9 Å². The van der Waals surface area contributed by atoms with Gasteiger partial charge < -0.3 is 19.0 Å². The molecule has 4 rings (SSSR count). The molecule has 1 saturated heterocycles. The molecule has 1 aromatic rings. The van der Waals surface area contributed by atoms with Crippen LogP contribution in [0, 0.1) is 22.7 Å². The first-order valence-corrected chi connectivity index (χ1v) is 20.7. The lowest BCUT2D eigenvalue weighted by Crippen LogP contribution is -2.49. The van der Waals surface area contributed by atoms with Crippen LogP contribution < -0.4 is 4.74 Å². The van der Waals surface area contributed by atoms with Crippen molar-refractivity contribution in [1.29, 1.82) is 0 Å². The number of allylic oxidation sites excluding steroid dienone is 1. The van der Waals surface area contributed by atoms with E-state index in [2.05, 4.69) is 54.3 Å². The van der Waals surface area contributed by atoms with E-state index in [0.717, 1.165) is 24.2 Å². The maximum absolute atomic E-state index is 14.2. The van der Waals surface area contributed by atoms with Gasteiger partial charge in [-0.3, -0.25) is 4.79 Å². The Morgan fingerprint density at radius 1 is 1.23 bits per heavy atom. The summed E-state index contributed by atoms with van der Waals surface area (Å²) in [7, 11) is -4.40. The number of carbonyl (C=O) groups is 1. The van der Waals surface area contributed by atoms with Crippen LogP contribution in [0.5, 0.6) is 5.75 Å². The summed E-state index contributed by atoms with van der Waals surface area (Å²) in [5.74, 6) is -0.203. The molecule has 1 amide bonds. The lowest BCUT2D eigenvalue weighted by atomic mass is 9.69. The first kappa shape index (κ1) is 35.1.